The first-order valence-corrected chi connectivity index (χ1v) is 12.0. The predicted octanol–water partition coefficient (Wildman–Crippen LogP) is 3.79. The summed E-state index contributed by atoms with van der Waals surface area (Å²) >= 11 is 0. The molecule has 0 radical (unpaired) electrons. The van der Waals surface area contributed by atoms with Crippen LogP contribution >= 0.6 is 0 Å². The molecule has 2 aromatic rings. The lowest BCUT2D eigenvalue weighted by Gasteiger charge is -2.42. The minimum atomic E-state index is -0.625. The Morgan fingerprint density at radius 1 is 0.914 bits per heavy atom. The number of hydrogen-bond donors (Lipinski definition) is 0. The van der Waals surface area contributed by atoms with Crippen LogP contribution in [-0.2, 0) is 20.9 Å². The quantitative estimate of drug-likeness (QED) is 0.465. The van der Waals surface area contributed by atoms with E-state index in [1.165, 1.54) is 12.0 Å². The molecule has 2 unspecified atom stereocenters. The van der Waals surface area contributed by atoms with E-state index in [-0.39, 0.29) is 48.9 Å². The van der Waals surface area contributed by atoms with Gasteiger partial charge in [0, 0.05) is 12.1 Å². The average Bonchev–Trinajstić information content (AvgIpc) is 3.30. The van der Waals surface area contributed by atoms with Crippen molar-refractivity contribution in [3.05, 3.63) is 71.3 Å². The molecule has 2 aromatic carbocycles. The second-order valence-electron chi connectivity index (χ2n) is 9.44. The molecule has 3 atom stereocenters. The molecular weight excluding hydrogens is 448 g/mol. The number of benzene rings is 2. The van der Waals surface area contributed by atoms with Crippen molar-refractivity contribution in [2.24, 2.45) is 5.92 Å². The van der Waals surface area contributed by atoms with Crippen molar-refractivity contribution in [2.45, 2.75) is 56.8 Å². The number of methoxy groups -OCH3 is 1. The van der Waals surface area contributed by atoms with Crippen LogP contribution in [0.1, 0.15) is 58.4 Å². The van der Waals surface area contributed by atoms with Gasteiger partial charge in [0.05, 0.1) is 30.7 Å². The number of hydrogen-bond acceptors (Lipinski definition) is 6. The molecule has 8 heteroatoms. The predicted molar refractivity (Wildman–Crippen MR) is 125 cm³/mol. The lowest BCUT2D eigenvalue weighted by molar-refractivity contribution is -0.142. The summed E-state index contributed by atoms with van der Waals surface area (Å²) in [5, 5.41) is 0. The number of esters is 1. The van der Waals surface area contributed by atoms with Gasteiger partial charge in [-0.25, -0.2) is 4.79 Å². The Hall–Kier alpha value is -3.68. The molecular formula is C27H28N2O6. The largest absolute Gasteiger partial charge is 0.469 e. The van der Waals surface area contributed by atoms with E-state index in [9.17, 15) is 19.2 Å². The molecule has 2 saturated heterocycles. The minimum Gasteiger partial charge on any atom is -0.469 e. The summed E-state index contributed by atoms with van der Waals surface area (Å²) in [6.45, 7) is 0.207. The van der Waals surface area contributed by atoms with Crippen LogP contribution in [-0.4, -0.2) is 58.9 Å². The summed E-state index contributed by atoms with van der Waals surface area (Å²) in [5.74, 6) is -1.34. The van der Waals surface area contributed by atoms with Crippen LogP contribution in [0, 0.1) is 5.92 Å². The van der Waals surface area contributed by atoms with E-state index in [1.54, 1.807) is 24.3 Å². The van der Waals surface area contributed by atoms with Gasteiger partial charge in [0.2, 0.25) is 0 Å². The molecule has 3 aliphatic rings. The van der Waals surface area contributed by atoms with E-state index in [2.05, 4.69) is 0 Å². The first-order valence-electron chi connectivity index (χ1n) is 12.0. The SMILES string of the molecule is COC(=O)C[C@H](C1CC2CCC(C1)N2C(=O)OCc1ccccc1)N1C(=O)c2ccccc2C1=O. The molecule has 8 nitrogen and oxygen atoms in total. The number of imide groups is 1. The zero-order chi connectivity index (χ0) is 24.5. The maximum atomic E-state index is 13.2. The average molecular weight is 477 g/mol. The van der Waals surface area contributed by atoms with Crippen LogP contribution in [0.5, 0.6) is 0 Å². The van der Waals surface area contributed by atoms with Gasteiger partial charge in [-0.15, -0.1) is 0 Å². The highest BCUT2D eigenvalue weighted by atomic mass is 16.6. The summed E-state index contributed by atoms with van der Waals surface area (Å²) in [6.07, 6.45) is 2.43. The molecule has 3 heterocycles. The van der Waals surface area contributed by atoms with E-state index < -0.39 is 12.0 Å². The molecule has 3 aliphatic heterocycles. The Balaban J connectivity index is 1.33. The van der Waals surface area contributed by atoms with E-state index in [1.807, 2.05) is 35.2 Å². The third kappa shape index (κ3) is 4.29. The summed E-state index contributed by atoms with van der Waals surface area (Å²) in [7, 11) is 1.30. The molecule has 0 aliphatic carbocycles. The first-order chi connectivity index (χ1) is 17.0. The summed E-state index contributed by atoms with van der Waals surface area (Å²) in [5.41, 5.74) is 1.64. The topological polar surface area (TPSA) is 93.2 Å². The van der Waals surface area contributed by atoms with Gasteiger partial charge in [-0.05, 0) is 49.3 Å². The standard InChI is InChI=1S/C27H28N2O6/c1-34-24(30)15-23(29-25(31)21-9-5-6-10-22(21)26(29)32)18-13-19-11-12-20(14-18)28(19)27(33)35-16-17-7-3-2-4-8-17/h2-10,18-20,23H,11-16H2,1H3/t18?,19?,20?,23-/m1/s1. The second kappa shape index (κ2) is 9.52. The van der Waals surface area contributed by atoms with E-state index in [4.69, 9.17) is 9.47 Å². The van der Waals surface area contributed by atoms with Crippen molar-refractivity contribution >= 4 is 23.9 Å². The molecule has 0 spiro atoms. The molecule has 35 heavy (non-hydrogen) atoms. The highest BCUT2D eigenvalue weighted by molar-refractivity contribution is 6.21. The van der Waals surface area contributed by atoms with Gasteiger partial charge in [0.15, 0.2) is 0 Å². The number of fused-ring (bicyclic) bond motifs is 3. The molecule has 0 aromatic heterocycles. The number of amides is 3. The van der Waals surface area contributed by atoms with Gasteiger partial charge in [0.25, 0.3) is 11.8 Å². The monoisotopic (exact) mass is 476 g/mol. The van der Waals surface area contributed by atoms with Crippen molar-refractivity contribution in [3.8, 4) is 0 Å². The van der Waals surface area contributed by atoms with Crippen molar-refractivity contribution in [2.75, 3.05) is 7.11 Å². The summed E-state index contributed by atoms with van der Waals surface area (Å²) in [4.78, 5) is 54.7. The molecule has 2 fully saturated rings. The number of carbonyl (C=O) groups excluding carboxylic acids is 4. The third-order valence-corrected chi connectivity index (χ3v) is 7.49. The van der Waals surface area contributed by atoms with Crippen molar-refractivity contribution in [1.29, 1.82) is 0 Å². The lowest BCUT2D eigenvalue weighted by Crippen LogP contribution is -2.53. The maximum absolute atomic E-state index is 13.2. The van der Waals surface area contributed by atoms with E-state index in [0.29, 0.717) is 24.0 Å². The van der Waals surface area contributed by atoms with Crippen LogP contribution in [0.15, 0.2) is 54.6 Å². The molecule has 3 amide bonds. The molecule has 2 bridgehead atoms. The normalized spacial score (nSPS) is 23.7. The zero-order valence-electron chi connectivity index (χ0n) is 19.6. The fourth-order valence-electron chi connectivity index (χ4n) is 5.86. The number of nitrogens with zero attached hydrogens (tertiary/aromatic N) is 2. The molecule has 182 valence electrons. The van der Waals surface area contributed by atoms with Gasteiger partial charge >= 0.3 is 12.1 Å². The van der Waals surface area contributed by atoms with E-state index in [0.717, 1.165) is 18.4 Å². The second-order valence-corrected chi connectivity index (χ2v) is 9.44. The van der Waals surface area contributed by atoms with Crippen molar-refractivity contribution in [3.63, 3.8) is 0 Å². The first kappa shape index (κ1) is 23.1. The Bertz CT molecular complexity index is 1100. The molecule has 0 N–H and O–H groups in total. The smallest absolute Gasteiger partial charge is 0.410 e. The number of ether oxygens (including phenoxy) is 2. The minimum absolute atomic E-state index is 0.0580. The van der Waals surface area contributed by atoms with Crippen molar-refractivity contribution < 1.29 is 28.7 Å². The van der Waals surface area contributed by atoms with Crippen LogP contribution in [0.25, 0.3) is 0 Å². The Morgan fingerprint density at radius 2 is 1.49 bits per heavy atom. The fraction of sp³-hybridized carbons (Fsp3) is 0.407. The molecule has 5 rings (SSSR count). The van der Waals surface area contributed by atoms with Gasteiger partial charge in [-0.1, -0.05) is 42.5 Å². The van der Waals surface area contributed by atoms with Crippen molar-refractivity contribution in [1.82, 2.24) is 9.80 Å². The van der Waals surface area contributed by atoms with Crippen LogP contribution in [0.4, 0.5) is 4.79 Å². The fourth-order valence-corrected chi connectivity index (χ4v) is 5.86. The Morgan fingerprint density at radius 3 is 2.06 bits per heavy atom. The van der Waals surface area contributed by atoms with Gasteiger partial charge in [-0.2, -0.15) is 0 Å². The van der Waals surface area contributed by atoms with Crippen LogP contribution in [0.2, 0.25) is 0 Å². The highest BCUT2D eigenvalue weighted by Crippen LogP contribution is 2.43. The van der Waals surface area contributed by atoms with Gasteiger partial charge < -0.3 is 14.4 Å². The highest BCUT2D eigenvalue weighted by Gasteiger charge is 2.50. The summed E-state index contributed by atoms with van der Waals surface area (Å²) < 4.78 is 10.5. The third-order valence-electron chi connectivity index (χ3n) is 7.49. The molecule has 0 saturated carbocycles. The maximum Gasteiger partial charge on any atom is 0.410 e. The van der Waals surface area contributed by atoms with Crippen LogP contribution < -0.4 is 0 Å². The Labute approximate surface area is 203 Å². The van der Waals surface area contributed by atoms with E-state index >= 15 is 0 Å². The lowest BCUT2D eigenvalue weighted by atomic mass is 9.82. The Kier molecular flexibility index (Phi) is 6.28. The van der Waals surface area contributed by atoms with Crippen LogP contribution in [0.3, 0.4) is 0 Å². The number of rotatable bonds is 6. The summed E-state index contributed by atoms with van der Waals surface area (Å²) in [6, 6.07) is 15.5. The number of piperidine rings is 1. The van der Waals surface area contributed by atoms with Gasteiger partial charge in [0.1, 0.15) is 6.61 Å². The zero-order valence-corrected chi connectivity index (χ0v) is 19.6. The van der Waals surface area contributed by atoms with Gasteiger partial charge in [-0.3, -0.25) is 19.3 Å². The number of carbonyl (C=O) groups is 4.